The van der Waals surface area contributed by atoms with Crippen molar-refractivity contribution >= 4 is 84.0 Å². The summed E-state index contributed by atoms with van der Waals surface area (Å²) < 4.78 is 12.7. The molecule has 0 unspecified atom stereocenters. The Bertz CT molecular complexity index is 1560. The molecule has 0 bridgehead atoms. The Hall–Kier alpha value is -3.61. The number of anilines is 2. The van der Waals surface area contributed by atoms with Crippen LogP contribution in [-0.2, 0) is 14.4 Å². The largest absolute Gasteiger partial charge is 0.493 e. The van der Waals surface area contributed by atoms with E-state index >= 15 is 0 Å². The Morgan fingerprint density at radius 1 is 0.927 bits per heavy atom. The third-order valence-electron chi connectivity index (χ3n) is 6.00. The highest BCUT2D eigenvalue weighted by Crippen LogP contribution is 2.35. The number of hydrogen-bond acceptors (Lipinski definition) is 7. The van der Waals surface area contributed by atoms with Crippen LogP contribution < -0.4 is 20.1 Å². The Labute approximate surface area is 257 Å². The maximum absolute atomic E-state index is 12.9. The summed E-state index contributed by atoms with van der Waals surface area (Å²) in [4.78, 5) is 51.4. The number of halogens is 2. The number of imide groups is 1. The van der Waals surface area contributed by atoms with Crippen molar-refractivity contribution in [2.24, 2.45) is 0 Å². The molecule has 1 saturated heterocycles. The number of rotatable bonds is 9. The van der Waals surface area contributed by atoms with Crippen molar-refractivity contribution in [1.29, 1.82) is 0 Å². The molecule has 41 heavy (non-hydrogen) atoms. The summed E-state index contributed by atoms with van der Waals surface area (Å²) >= 11 is 7.53. The molecule has 0 atom stereocenters. The van der Waals surface area contributed by atoms with Crippen LogP contribution in [0.4, 0.5) is 16.2 Å². The number of ether oxygens (including phenoxy) is 2. The molecule has 1 fully saturated rings. The molecule has 1 heterocycles. The lowest BCUT2D eigenvalue weighted by molar-refractivity contribution is -0.127. The summed E-state index contributed by atoms with van der Waals surface area (Å²) in [6.07, 6.45) is 1.54. The fraction of sp³-hybridized carbons (Fsp3) is 0.172. The lowest BCUT2D eigenvalue weighted by Crippen LogP contribution is -2.36. The number of methoxy groups -OCH3 is 1. The zero-order chi connectivity index (χ0) is 29.7. The highest BCUT2D eigenvalue weighted by Gasteiger charge is 2.36. The number of hydrogen-bond donors (Lipinski definition) is 2. The van der Waals surface area contributed by atoms with E-state index in [9.17, 15) is 19.2 Å². The fourth-order valence-corrected chi connectivity index (χ4v) is 5.42. The minimum absolute atomic E-state index is 0.167. The number of carbonyl (C=O) groups is 4. The third-order valence-corrected chi connectivity index (χ3v) is 8.10. The monoisotopic (exact) mass is 701 g/mol. The van der Waals surface area contributed by atoms with E-state index in [1.165, 1.54) is 13.2 Å². The summed E-state index contributed by atoms with van der Waals surface area (Å²) in [5.74, 6) is -0.742. The SMILES string of the molecule is COc1cc(/C=C2/SC(=O)N(CC(=O)Nc3ccc(Br)cc3)C2=O)ccc1OCC(=O)Nc1cc(C)c(C)cc1Br. The first kappa shape index (κ1) is 30.4. The quantitative estimate of drug-likeness (QED) is 0.244. The molecule has 2 N–H and O–H groups in total. The van der Waals surface area contributed by atoms with E-state index in [0.29, 0.717) is 28.4 Å². The van der Waals surface area contributed by atoms with Gasteiger partial charge in [0.1, 0.15) is 6.54 Å². The van der Waals surface area contributed by atoms with Gasteiger partial charge in [0.05, 0.1) is 17.7 Å². The van der Waals surface area contributed by atoms with E-state index in [4.69, 9.17) is 9.47 Å². The molecule has 0 aromatic heterocycles. The van der Waals surface area contributed by atoms with Crippen LogP contribution in [0.15, 0.2) is 68.4 Å². The van der Waals surface area contributed by atoms with Gasteiger partial charge >= 0.3 is 0 Å². The molecule has 12 heteroatoms. The number of carbonyl (C=O) groups excluding carboxylic acids is 4. The molecule has 212 valence electrons. The van der Waals surface area contributed by atoms with Crippen LogP contribution in [0, 0.1) is 13.8 Å². The molecule has 0 aliphatic carbocycles. The first-order valence-corrected chi connectivity index (χ1v) is 14.6. The smallest absolute Gasteiger partial charge is 0.294 e. The molecule has 9 nitrogen and oxygen atoms in total. The normalized spacial score (nSPS) is 13.9. The van der Waals surface area contributed by atoms with Crippen LogP contribution in [0.25, 0.3) is 6.08 Å². The molecule has 0 radical (unpaired) electrons. The van der Waals surface area contributed by atoms with Crippen molar-refractivity contribution in [3.05, 3.63) is 85.1 Å². The van der Waals surface area contributed by atoms with Crippen molar-refractivity contribution in [2.75, 3.05) is 30.9 Å². The number of aryl methyl sites for hydroxylation is 2. The molecule has 0 saturated carbocycles. The van der Waals surface area contributed by atoms with Gasteiger partial charge in [0.15, 0.2) is 18.1 Å². The summed E-state index contributed by atoms with van der Waals surface area (Å²) in [6, 6.07) is 15.7. The zero-order valence-electron chi connectivity index (χ0n) is 22.2. The average molecular weight is 703 g/mol. The van der Waals surface area contributed by atoms with Gasteiger partial charge in [-0.05, 0) is 113 Å². The summed E-state index contributed by atoms with van der Waals surface area (Å²) in [5, 5.41) is 4.95. The highest BCUT2D eigenvalue weighted by atomic mass is 79.9. The van der Waals surface area contributed by atoms with Crippen molar-refractivity contribution in [3.63, 3.8) is 0 Å². The Kier molecular flexibility index (Phi) is 9.90. The van der Waals surface area contributed by atoms with E-state index in [1.807, 2.05) is 26.0 Å². The molecule has 4 rings (SSSR count). The van der Waals surface area contributed by atoms with Crippen LogP contribution in [0.1, 0.15) is 16.7 Å². The zero-order valence-corrected chi connectivity index (χ0v) is 26.2. The van der Waals surface area contributed by atoms with Crippen molar-refractivity contribution < 1.29 is 28.7 Å². The molecule has 0 spiro atoms. The van der Waals surface area contributed by atoms with Gasteiger partial charge in [0.2, 0.25) is 5.91 Å². The van der Waals surface area contributed by atoms with Crippen molar-refractivity contribution in [3.8, 4) is 11.5 Å². The van der Waals surface area contributed by atoms with E-state index in [0.717, 1.165) is 36.7 Å². The highest BCUT2D eigenvalue weighted by molar-refractivity contribution is 9.10. The second kappa shape index (κ2) is 13.4. The summed E-state index contributed by atoms with van der Waals surface area (Å²) in [5.41, 5.74) is 3.91. The van der Waals surface area contributed by atoms with Gasteiger partial charge in [-0.2, -0.15) is 0 Å². The number of benzene rings is 3. The van der Waals surface area contributed by atoms with Gasteiger partial charge in [-0.1, -0.05) is 22.0 Å². The van der Waals surface area contributed by atoms with Gasteiger partial charge in [0.25, 0.3) is 17.1 Å². The van der Waals surface area contributed by atoms with Gasteiger partial charge in [-0.15, -0.1) is 0 Å². The molecule has 4 amide bonds. The molecule has 3 aromatic rings. The van der Waals surface area contributed by atoms with Crippen LogP contribution in [0.5, 0.6) is 11.5 Å². The summed E-state index contributed by atoms with van der Waals surface area (Å²) in [7, 11) is 1.45. The Balaban J connectivity index is 1.38. The lowest BCUT2D eigenvalue weighted by atomic mass is 10.1. The van der Waals surface area contributed by atoms with Crippen molar-refractivity contribution in [1.82, 2.24) is 4.90 Å². The van der Waals surface area contributed by atoms with Crippen molar-refractivity contribution in [2.45, 2.75) is 13.8 Å². The van der Waals surface area contributed by atoms with E-state index < -0.39 is 23.6 Å². The number of nitrogens with zero attached hydrogens (tertiary/aromatic N) is 1. The predicted octanol–water partition coefficient (Wildman–Crippen LogP) is 6.53. The maximum atomic E-state index is 12.9. The summed E-state index contributed by atoms with van der Waals surface area (Å²) in [6.45, 7) is 3.29. The Morgan fingerprint density at radius 2 is 1.63 bits per heavy atom. The van der Waals surface area contributed by atoms with Crippen LogP contribution >= 0.6 is 43.6 Å². The van der Waals surface area contributed by atoms with Gasteiger partial charge in [-0.3, -0.25) is 24.1 Å². The number of amides is 4. The number of nitrogens with one attached hydrogen (secondary N) is 2. The van der Waals surface area contributed by atoms with Gasteiger partial charge in [0, 0.05) is 14.6 Å². The molecule has 1 aliphatic rings. The second-order valence-electron chi connectivity index (χ2n) is 8.99. The standard InChI is InChI=1S/C29H25Br2N3O6S/c1-16-10-21(31)22(11-17(16)2)33-27(36)15-40-23-9-4-18(12-24(23)39-3)13-25-28(37)34(29(38)41-25)14-26(35)32-20-7-5-19(30)6-8-20/h4-13H,14-15H2,1-3H3,(H,32,35)(H,33,36)/b25-13+. The minimum Gasteiger partial charge on any atom is -0.493 e. The van der Waals surface area contributed by atoms with Crippen LogP contribution in [0.2, 0.25) is 0 Å². The Morgan fingerprint density at radius 3 is 2.34 bits per heavy atom. The second-order valence-corrected chi connectivity index (χ2v) is 11.7. The molecule has 3 aromatic carbocycles. The first-order valence-electron chi connectivity index (χ1n) is 12.2. The fourth-order valence-electron chi connectivity index (χ4n) is 3.76. The van der Waals surface area contributed by atoms with Gasteiger partial charge < -0.3 is 20.1 Å². The predicted molar refractivity (Wildman–Crippen MR) is 166 cm³/mol. The molecule has 1 aliphatic heterocycles. The minimum atomic E-state index is -0.570. The van der Waals surface area contributed by atoms with E-state index in [-0.39, 0.29) is 17.4 Å². The average Bonchev–Trinajstić information content (AvgIpc) is 3.19. The number of thioether (sulfide) groups is 1. The molecular weight excluding hydrogens is 678 g/mol. The maximum Gasteiger partial charge on any atom is 0.294 e. The van der Waals surface area contributed by atoms with Crippen LogP contribution in [0.3, 0.4) is 0 Å². The lowest BCUT2D eigenvalue weighted by Gasteiger charge is -2.13. The van der Waals surface area contributed by atoms with Crippen LogP contribution in [-0.4, -0.2) is 48.1 Å². The van der Waals surface area contributed by atoms with Gasteiger partial charge in [-0.25, -0.2) is 0 Å². The topological polar surface area (TPSA) is 114 Å². The molecular formula is C29H25Br2N3O6S. The van der Waals surface area contributed by atoms with E-state index in [2.05, 4.69) is 42.5 Å². The first-order chi connectivity index (χ1) is 19.5. The van der Waals surface area contributed by atoms with E-state index in [1.54, 1.807) is 42.5 Å². The third kappa shape index (κ3) is 7.78.